The van der Waals surface area contributed by atoms with Crippen LogP contribution in [0.25, 0.3) is 10.9 Å². The molecule has 1 atom stereocenters. The van der Waals surface area contributed by atoms with E-state index >= 15 is 0 Å². The highest BCUT2D eigenvalue weighted by Gasteiger charge is 2.15. The normalized spacial score (nSPS) is 12.5. The van der Waals surface area contributed by atoms with E-state index in [4.69, 9.17) is 0 Å². The fourth-order valence-electron chi connectivity index (χ4n) is 3.43. The maximum atomic E-state index is 13.0. The van der Waals surface area contributed by atoms with Crippen LogP contribution in [0.3, 0.4) is 0 Å². The number of pyridine rings is 1. The average Bonchev–Trinajstić information content (AvgIpc) is 2.54. The van der Waals surface area contributed by atoms with E-state index in [1.54, 1.807) is 0 Å². The van der Waals surface area contributed by atoms with Crippen LogP contribution in [0, 0.1) is 20.8 Å². The highest BCUT2D eigenvalue weighted by molar-refractivity contribution is 5.83. The third-order valence-electron chi connectivity index (χ3n) is 4.59. The minimum atomic E-state index is 0.167. The summed E-state index contributed by atoms with van der Waals surface area (Å²) >= 11 is 0. The maximum Gasteiger partial charge on any atom is 0.198 e. The van der Waals surface area contributed by atoms with Gasteiger partial charge in [-0.15, -0.1) is 0 Å². The third kappa shape index (κ3) is 3.26. The van der Waals surface area contributed by atoms with E-state index in [0.29, 0.717) is 0 Å². The van der Waals surface area contributed by atoms with Crippen molar-refractivity contribution in [2.45, 2.75) is 33.9 Å². The van der Waals surface area contributed by atoms with E-state index in [1.165, 1.54) is 10.5 Å². The fraction of sp³-hybridized carbons (Fsp3) is 0.286. The zero-order valence-electron chi connectivity index (χ0n) is 14.9. The van der Waals surface area contributed by atoms with Gasteiger partial charge in [-0.1, -0.05) is 36.4 Å². The Kier molecular flexibility index (Phi) is 4.54. The first-order valence-corrected chi connectivity index (χ1v) is 8.43. The Morgan fingerprint density at radius 2 is 1.71 bits per heavy atom. The molecular formula is C21H25N2O+. The van der Waals surface area contributed by atoms with E-state index in [0.717, 1.165) is 46.4 Å². The summed E-state index contributed by atoms with van der Waals surface area (Å²) in [6.45, 7) is 7.73. The van der Waals surface area contributed by atoms with Gasteiger partial charge in [0, 0.05) is 16.6 Å². The number of aromatic nitrogens is 1. The lowest BCUT2D eigenvalue weighted by Crippen LogP contribution is -3.06. The molecule has 2 N–H and O–H groups in total. The van der Waals surface area contributed by atoms with Crippen LogP contribution < -0.4 is 10.3 Å². The summed E-state index contributed by atoms with van der Waals surface area (Å²) < 4.78 is 0. The van der Waals surface area contributed by atoms with Crippen LogP contribution >= 0.6 is 0 Å². The number of hydrogen-bond acceptors (Lipinski definition) is 1. The molecule has 124 valence electrons. The molecule has 1 aromatic heterocycles. The van der Waals surface area contributed by atoms with Gasteiger partial charge in [-0.25, -0.2) is 0 Å². The second kappa shape index (κ2) is 6.62. The summed E-state index contributed by atoms with van der Waals surface area (Å²) in [5.74, 6) is 0. The van der Waals surface area contributed by atoms with Crippen molar-refractivity contribution >= 4 is 10.9 Å². The van der Waals surface area contributed by atoms with Crippen LogP contribution in [0.15, 0.2) is 47.3 Å². The van der Waals surface area contributed by atoms with Gasteiger partial charge in [-0.2, -0.15) is 0 Å². The lowest BCUT2D eigenvalue weighted by Gasteiger charge is -2.16. The van der Waals surface area contributed by atoms with Crippen LogP contribution in [0.2, 0.25) is 0 Å². The highest BCUT2D eigenvalue weighted by Crippen LogP contribution is 2.17. The quantitative estimate of drug-likeness (QED) is 0.762. The Morgan fingerprint density at radius 3 is 2.42 bits per heavy atom. The van der Waals surface area contributed by atoms with Gasteiger partial charge in [0.2, 0.25) is 0 Å². The summed E-state index contributed by atoms with van der Waals surface area (Å²) in [5.41, 5.74) is 6.55. The summed E-state index contributed by atoms with van der Waals surface area (Å²) in [6.07, 6.45) is 0. The van der Waals surface area contributed by atoms with Crippen molar-refractivity contribution in [2.75, 3.05) is 7.05 Å². The van der Waals surface area contributed by atoms with E-state index in [-0.39, 0.29) is 5.43 Å². The Bertz CT molecular complexity index is 926. The number of benzene rings is 2. The summed E-state index contributed by atoms with van der Waals surface area (Å²) in [4.78, 5) is 17.8. The average molecular weight is 321 g/mol. The van der Waals surface area contributed by atoms with Gasteiger partial charge in [0.1, 0.15) is 13.1 Å². The molecule has 1 unspecified atom stereocenters. The van der Waals surface area contributed by atoms with Crippen molar-refractivity contribution in [2.24, 2.45) is 0 Å². The molecule has 0 saturated carbocycles. The molecule has 3 rings (SSSR count). The molecule has 3 aromatic rings. The Hall–Kier alpha value is -2.39. The van der Waals surface area contributed by atoms with Gasteiger partial charge in [-0.05, 0) is 38.0 Å². The van der Waals surface area contributed by atoms with Gasteiger partial charge in [-0.3, -0.25) is 4.79 Å². The first-order valence-electron chi connectivity index (χ1n) is 8.43. The molecule has 0 radical (unpaired) electrons. The smallest absolute Gasteiger partial charge is 0.198 e. The Balaban J connectivity index is 1.96. The third-order valence-corrected chi connectivity index (χ3v) is 4.59. The molecule has 0 spiro atoms. The highest BCUT2D eigenvalue weighted by atomic mass is 16.1. The van der Waals surface area contributed by atoms with Crippen LogP contribution in [0.5, 0.6) is 0 Å². The number of rotatable bonds is 4. The first kappa shape index (κ1) is 16.5. The van der Waals surface area contributed by atoms with Crippen LogP contribution in [0.4, 0.5) is 0 Å². The molecule has 0 aliphatic carbocycles. The van der Waals surface area contributed by atoms with Crippen LogP contribution in [-0.2, 0) is 13.1 Å². The fourth-order valence-corrected chi connectivity index (χ4v) is 3.43. The zero-order chi connectivity index (χ0) is 17.3. The molecule has 0 aliphatic rings. The van der Waals surface area contributed by atoms with E-state index in [2.05, 4.69) is 49.3 Å². The number of aromatic amines is 1. The largest absolute Gasteiger partial charge is 0.358 e. The Labute approximate surface area is 143 Å². The number of hydrogen-bond donors (Lipinski definition) is 2. The molecular weight excluding hydrogens is 296 g/mol. The van der Waals surface area contributed by atoms with E-state index in [1.807, 2.05) is 26.0 Å². The lowest BCUT2D eigenvalue weighted by atomic mass is 10.0. The van der Waals surface area contributed by atoms with Gasteiger partial charge >= 0.3 is 0 Å². The number of H-pyrrole nitrogens is 1. The second-order valence-electron chi connectivity index (χ2n) is 6.86. The number of aryl methyl sites for hydroxylation is 3. The van der Waals surface area contributed by atoms with Gasteiger partial charge in [0.05, 0.1) is 18.1 Å². The molecule has 1 heterocycles. The zero-order valence-corrected chi connectivity index (χ0v) is 14.9. The van der Waals surface area contributed by atoms with Crippen LogP contribution in [-0.4, -0.2) is 12.0 Å². The maximum absolute atomic E-state index is 13.0. The molecule has 0 saturated heterocycles. The number of fused-ring (bicyclic) bond motifs is 1. The van der Waals surface area contributed by atoms with Crippen molar-refractivity contribution < 1.29 is 4.90 Å². The van der Waals surface area contributed by atoms with E-state index < -0.39 is 0 Å². The summed E-state index contributed by atoms with van der Waals surface area (Å²) in [5, 5.41) is 0.806. The molecule has 0 aliphatic heterocycles. The summed E-state index contributed by atoms with van der Waals surface area (Å²) in [6, 6.07) is 14.5. The van der Waals surface area contributed by atoms with Gasteiger partial charge < -0.3 is 9.88 Å². The van der Waals surface area contributed by atoms with Crippen molar-refractivity contribution in [1.82, 2.24) is 4.98 Å². The number of nitrogens with one attached hydrogen (secondary N) is 2. The standard InChI is InChI=1S/C21H24N2O/c1-14-10-15(2)20-18(11-14)21(24)19(16(3)22-20)13-23(4)12-17-8-6-5-7-9-17/h5-11H,12-13H2,1-4H3,(H,22,24)/p+1. The van der Waals surface area contributed by atoms with E-state index in [9.17, 15) is 4.79 Å². The topological polar surface area (TPSA) is 37.3 Å². The molecule has 0 amide bonds. The lowest BCUT2D eigenvalue weighted by molar-refractivity contribution is -0.907. The first-order chi connectivity index (χ1) is 11.5. The predicted molar refractivity (Wildman–Crippen MR) is 99.5 cm³/mol. The minimum absolute atomic E-state index is 0.167. The second-order valence-corrected chi connectivity index (χ2v) is 6.86. The molecule has 0 bridgehead atoms. The Morgan fingerprint density at radius 1 is 1.00 bits per heavy atom. The molecule has 24 heavy (non-hydrogen) atoms. The number of quaternary nitrogens is 1. The monoisotopic (exact) mass is 321 g/mol. The van der Waals surface area contributed by atoms with Crippen molar-refractivity contribution in [1.29, 1.82) is 0 Å². The molecule has 0 fully saturated rings. The van der Waals surface area contributed by atoms with Crippen molar-refractivity contribution in [3.05, 3.63) is 80.6 Å². The van der Waals surface area contributed by atoms with Crippen LogP contribution in [0.1, 0.15) is 27.9 Å². The SMILES string of the molecule is Cc1cc(C)c2[nH]c(C)c(C[NH+](C)Cc3ccccc3)c(=O)c2c1. The minimum Gasteiger partial charge on any atom is -0.358 e. The van der Waals surface area contributed by atoms with Crippen molar-refractivity contribution in [3.63, 3.8) is 0 Å². The van der Waals surface area contributed by atoms with Gasteiger partial charge in [0.25, 0.3) is 0 Å². The van der Waals surface area contributed by atoms with Gasteiger partial charge in [0.15, 0.2) is 5.43 Å². The molecule has 3 heteroatoms. The molecule has 2 aromatic carbocycles. The summed E-state index contributed by atoms with van der Waals surface area (Å²) in [7, 11) is 2.14. The molecule has 3 nitrogen and oxygen atoms in total. The predicted octanol–water partition coefficient (Wildman–Crippen LogP) is 2.67. The van der Waals surface area contributed by atoms with Crippen molar-refractivity contribution in [3.8, 4) is 0 Å².